The van der Waals surface area contributed by atoms with Gasteiger partial charge >= 0.3 is 0 Å². The number of hydrogen-bond donors (Lipinski definition) is 1. The van der Waals surface area contributed by atoms with E-state index in [0.29, 0.717) is 30.2 Å². The molecule has 6 rings (SSSR count). The highest BCUT2D eigenvalue weighted by Gasteiger charge is 2.38. The Hall–Kier alpha value is -3.63. The van der Waals surface area contributed by atoms with E-state index in [-0.39, 0.29) is 18.0 Å². The number of nitrogens with zero attached hydrogens (tertiary/aromatic N) is 4. The third-order valence-electron chi connectivity index (χ3n) is 7.09. The molecule has 1 amide bonds. The van der Waals surface area contributed by atoms with Gasteiger partial charge in [0, 0.05) is 25.8 Å². The number of ether oxygens (including phenoxy) is 1. The fourth-order valence-corrected chi connectivity index (χ4v) is 5.37. The fraction of sp³-hybridized carbons (Fsp3) is 0.346. The van der Waals surface area contributed by atoms with Crippen LogP contribution in [0.15, 0.2) is 48.9 Å². The number of hydrogen-bond acceptors (Lipinski definition) is 5. The van der Waals surface area contributed by atoms with Gasteiger partial charge in [0.1, 0.15) is 17.6 Å². The molecule has 1 N–H and O–H groups in total. The van der Waals surface area contributed by atoms with E-state index < -0.39 is 0 Å². The first-order valence-electron chi connectivity index (χ1n) is 11.6. The van der Waals surface area contributed by atoms with E-state index in [2.05, 4.69) is 33.1 Å². The van der Waals surface area contributed by atoms with Crippen LogP contribution in [0, 0.1) is 11.3 Å². The Bertz CT molecular complexity index is 1270. The summed E-state index contributed by atoms with van der Waals surface area (Å²) in [7, 11) is 0. The topological polar surface area (TPSA) is 83.2 Å². The molecule has 1 aromatic heterocycles. The van der Waals surface area contributed by atoms with Gasteiger partial charge in [-0.3, -0.25) is 4.79 Å². The van der Waals surface area contributed by atoms with Crippen molar-refractivity contribution in [1.29, 1.82) is 5.26 Å². The molecule has 6 bridgehead atoms. The molecule has 1 unspecified atom stereocenters. The Morgan fingerprint density at radius 2 is 2.12 bits per heavy atom. The number of rotatable bonds is 0. The zero-order valence-electron chi connectivity index (χ0n) is 18.3. The third kappa shape index (κ3) is 3.57. The lowest BCUT2D eigenvalue weighted by Gasteiger charge is -2.33. The van der Waals surface area contributed by atoms with Gasteiger partial charge in [0.2, 0.25) is 5.91 Å². The second-order valence-electron chi connectivity index (χ2n) is 9.08. The van der Waals surface area contributed by atoms with Gasteiger partial charge < -0.3 is 19.5 Å². The maximum absolute atomic E-state index is 13.3. The summed E-state index contributed by atoms with van der Waals surface area (Å²) in [5.74, 6) is 1.42. The number of aromatic nitrogens is 2. The molecular formula is C26H25N5O2. The van der Waals surface area contributed by atoms with Gasteiger partial charge in [-0.05, 0) is 66.6 Å². The number of fused-ring (bicyclic) bond motifs is 7. The first-order chi connectivity index (χ1) is 16.2. The summed E-state index contributed by atoms with van der Waals surface area (Å²) in [4.78, 5) is 19.7. The first kappa shape index (κ1) is 20.0. The van der Waals surface area contributed by atoms with Crippen molar-refractivity contribution in [1.82, 2.24) is 19.8 Å². The molecule has 166 valence electrons. The van der Waals surface area contributed by atoms with E-state index in [4.69, 9.17) is 4.74 Å². The van der Waals surface area contributed by atoms with Crippen LogP contribution < -0.4 is 10.1 Å². The average molecular weight is 440 g/mol. The van der Waals surface area contributed by atoms with Crippen LogP contribution in [-0.4, -0.2) is 32.9 Å². The Morgan fingerprint density at radius 3 is 3.03 bits per heavy atom. The second-order valence-corrected chi connectivity index (χ2v) is 9.08. The number of nitrogens with one attached hydrogen (secondary N) is 1. The van der Waals surface area contributed by atoms with E-state index in [1.54, 1.807) is 6.33 Å². The minimum absolute atomic E-state index is 0.0665. The quantitative estimate of drug-likeness (QED) is 0.578. The van der Waals surface area contributed by atoms with Gasteiger partial charge in [-0.2, -0.15) is 5.26 Å². The maximum atomic E-state index is 13.3. The largest absolute Gasteiger partial charge is 0.456 e. The molecule has 0 radical (unpaired) electrons. The number of benzene rings is 2. The first-order valence-corrected chi connectivity index (χ1v) is 11.6. The average Bonchev–Trinajstić information content (AvgIpc) is 3.43. The van der Waals surface area contributed by atoms with Crippen LogP contribution in [0.4, 0.5) is 0 Å². The van der Waals surface area contributed by atoms with Crippen LogP contribution in [-0.2, 0) is 24.3 Å². The van der Waals surface area contributed by atoms with Crippen molar-refractivity contribution < 1.29 is 9.53 Å². The molecule has 3 aromatic rings. The molecule has 2 atom stereocenters. The maximum Gasteiger partial charge on any atom is 0.240 e. The predicted octanol–water partition coefficient (Wildman–Crippen LogP) is 3.68. The molecule has 1 aliphatic carbocycles. The Kier molecular flexibility index (Phi) is 4.88. The zero-order valence-corrected chi connectivity index (χ0v) is 18.3. The van der Waals surface area contributed by atoms with Gasteiger partial charge in [-0.15, -0.1) is 0 Å². The molecule has 2 aliphatic heterocycles. The molecule has 7 heteroatoms. The second kappa shape index (κ2) is 8.05. The van der Waals surface area contributed by atoms with E-state index in [1.807, 2.05) is 35.4 Å². The van der Waals surface area contributed by atoms with E-state index in [1.165, 1.54) is 11.1 Å². The summed E-state index contributed by atoms with van der Waals surface area (Å²) in [5, 5.41) is 13.1. The van der Waals surface area contributed by atoms with Gasteiger partial charge in [-0.1, -0.05) is 12.1 Å². The molecule has 1 saturated heterocycles. The lowest BCUT2D eigenvalue weighted by molar-refractivity contribution is -0.131. The Morgan fingerprint density at radius 1 is 1.18 bits per heavy atom. The summed E-state index contributed by atoms with van der Waals surface area (Å²) < 4.78 is 8.33. The summed E-state index contributed by atoms with van der Waals surface area (Å²) in [6.07, 6.45) is 7.49. The monoisotopic (exact) mass is 439 g/mol. The summed E-state index contributed by atoms with van der Waals surface area (Å²) in [5.41, 5.74) is 4.99. The molecule has 0 saturated carbocycles. The van der Waals surface area contributed by atoms with Crippen molar-refractivity contribution in [2.24, 2.45) is 0 Å². The normalized spacial score (nSPS) is 21.8. The molecule has 3 heterocycles. The van der Waals surface area contributed by atoms with Crippen molar-refractivity contribution in [2.45, 2.75) is 50.9 Å². The predicted molar refractivity (Wildman–Crippen MR) is 122 cm³/mol. The van der Waals surface area contributed by atoms with Crippen LogP contribution in [0.3, 0.4) is 0 Å². The van der Waals surface area contributed by atoms with Crippen LogP contribution >= 0.6 is 0 Å². The van der Waals surface area contributed by atoms with E-state index in [0.717, 1.165) is 43.5 Å². The number of carbonyl (C=O) groups is 1. The number of amides is 1. The smallest absolute Gasteiger partial charge is 0.240 e. The standard InChI is InChI=1S/C26H25N5O2/c27-12-19-5-4-17-10-25(19)33-21-7-6-18-2-1-3-24(22(18)11-21)31-9-8-23(26(31)32)29-14-20-13-28-16-30(20)15-17/h4-7,10-11,13,16,23-24,29H,1-3,8-9,14-15H2/t23-,24?/m0/s1. The molecule has 1 fully saturated rings. The van der Waals surface area contributed by atoms with Crippen molar-refractivity contribution in [3.63, 3.8) is 0 Å². The van der Waals surface area contributed by atoms with Gasteiger partial charge in [0.15, 0.2) is 0 Å². The van der Waals surface area contributed by atoms with Gasteiger partial charge in [0.25, 0.3) is 0 Å². The third-order valence-corrected chi connectivity index (χ3v) is 7.09. The molecular weight excluding hydrogens is 414 g/mol. The Labute approximate surface area is 192 Å². The number of imidazole rings is 1. The lowest BCUT2D eigenvalue weighted by atomic mass is 9.86. The molecule has 2 aromatic carbocycles. The van der Waals surface area contributed by atoms with Crippen molar-refractivity contribution in [3.05, 3.63) is 76.9 Å². The minimum atomic E-state index is -0.174. The Balaban J connectivity index is 1.46. The molecule has 0 spiro atoms. The highest BCUT2D eigenvalue weighted by atomic mass is 16.5. The summed E-state index contributed by atoms with van der Waals surface area (Å²) in [6.45, 7) is 1.94. The summed E-state index contributed by atoms with van der Waals surface area (Å²) >= 11 is 0. The highest BCUT2D eigenvalue weighted by molar-refractivity contribution is 5.84. The molecule has 33 heavy (non-hydrogen) atoms. The van der Waals surface area contributed by atoms with E-state index >= 15 is 0 Å². The van der Waals surface area contributed by atoms with Gasteiger partial charge in [-0.25, -0.2) is 4.98 Å². The fourth-order valence-electron chi connectivity index (χ4n) is 5.37. The summed E-state index contributed by atoms with van der Waals surface area (Å²) in [6, 6.07) is 14.0. The van der Waals surface area contributed by atoms with Crippen molar-refractivity contribution >= 4 is 5.91 Å². The van der Waals surface area contributed by atoms with E-state index in [9.17, 15) is 10.1 Å². The van der Waals surface area contributed by atoms with Crippen LogP contribution in [0.2, 0.25) is 0 Å². The lowest BCUT2D eigenvalue weighted by Crippen LogP contribution is -2.40. The SMILES string of the molecule is N#Cc1ccc2cc1Oc1ccc3c(c1)C(CCC3)N1CC[C@H](NCc3cncn3C2)C1=O. The minimum Gasteiger partial charge on any atom is -0.456 e. The molecule has 7 nitrogen and oxygen atoms in total. The number of carbonyl (C=O) groups excluding carboxylic acids is 1. The molecule has 3 aliphatic rings. The van der Waals surface area contributed by atoms with Crippen molar-refractivity contribution in [3.8, 4) is 17.6 Å². The van der Waals surface area contributed by atoms with Crippen LogP contribution in [0.25, 0.3) is 0 Å². The highest BCUT2D eigenvalue weighted by Crippen LogP contribution is 2.39. The van der Waals surface area contributed by atoms with Crippen LogP contribution in [0.1, 0.15) is 53.3 Å². The number of nitriles is 1. The number of aryl methyl sites for hydroxylation is 1. The van der Waals surface area contributed by atoms with Crippen LogP contribution in [0.5, 0.6) is 11.5 Å². The zero-order chi connectivity index (χ0) is 22.4. The van der Waals surface area contributed by atoms with Gasteiger partial charge in [0.05, 0.1) is 29.7 Å². The van der Waals surface area contributed by atoms with Crippen molar-refractivity contribution in [2.75, 3.05) is 6.54 Å².